The fourth-order valence-electron chi connectivity index (χ4n) is 1.49. The van der Waals surface area contributed by atoms with Crippen LogP contribution in [-0.2, 0) is 12.3 Å². The Morgan fingerprint density at radius 1 is 0.684 bits per heavy atom. The van der Waals surface area contributed by atoms with Gasteiger partial charge in [0.05, 0.1) is 0 Å². The second kappa shape index (κ2) is 6.64. The van der Waals surface area contributed by atoms with Gasteiger partial charge in [0.25, 0.3) is 0 Å². The molecule has 0 bridgehead atoms. The first-order chi connectivity index (χ1) is 8.18. The van der Waals surface area contributed by atoms with Gasteiger partial charge < -0.3 is 12.3 Å². The van der Waals surface area contributed by atoms with Gasteiger partial charge >= 0.3 is 8.32 Å². The molecule has 19 heavy (non-hydrogen) atoms. The van der Waals surface area contributed by atoms with Gasteiger partial charge in [-0.3, -0.25) is 0 Å². The minimum Gasteiger partial charge on any atom is -0.420 e. The zero-order valence-electron chi connectivity index (χ0n) is 14.0. The summed E-state index contributed by atoms with van der Waals surface area (Å²) < 4.78 is 19.4. The van der Waals surface area contributed by atoms with Gasteiger partial charge in [0, 0.05) is 0 Å². The lowest BCUT2D eigenvalue weighted by molar-refractivity contribution is 0.283. The molecule has 0 aromatic heterocycles. The van der Waals surface area contributed by atoms with Crippen molar-refractivity contribution in [2.45, 2.75) is 58.9 Å². The Morgan fingerprint density at radius 2 is 0.947 bits per heavy atom. The van der Waals surface area contributed by atoms with E-state index in [1.807, 2.05) is 5.70 Å². The summed E-state index contributed by atoms with van der Waals surface area (Å²) in [7, 11) is -7.31. The van der Waals surface area contributed by atoms with Crippen molar-refractivity contribution < 1.29 is 12.3 Å². The average molecular weight is 351 g/mol. The molecule has 0 saturated heterocycles. The zero-order chi connectivity index (χ0) is 15.5. The lowest BCUT2D eigenvalue weighted by Crippen LogP contribution is -2.64. The van der Waals surface area contributed by atoms with Gasteiger partial charge in [-0.1, -0.05) is 0 Å². The first-order valence-corrected chi connectivity index (χ1v) is 20.7. The molecule has 0 amide bonds. The van der Waals surface area contributed by atoms with Crippen molar-refractivity contribution in [3.63, 3.8) is 0 Å². The van der Waals surface area contributed by atoms with Crippen molar-refractivity contribution in [1.29, 1.82) is 0 Å². The molecule has 0 aliphatic heterocycles. The summed E-state index contributed by atoms with van der Waals surface area (Å²) in [4.78, 5) is 0. The van der Waals surface area contributed by atoms with E-state index in [9.17, 15) is 0 Å². The van der Waals surface area contributed by atoms with Gasteiger partial charge in [0.1, 0.15) is 0 Å². The smallest absolute Gasteiger partial charge is 0.420 e. The largest absolute Gasteiger partial charge is 0.439 e. The SMILES string of the molecule is C=C[Si][Si](O[Si](C)(C)C)(O[Si](C)(C)C)O[Si](C)(C)C. The molecule has 0 aromatic carbocycles. The van der Waals surface area contributed by atoms with Crippen LogP contribution in [0.15, 0.2) is 12.3 Å². The van der Waals surface area contributed by atoms with E-state index < -0.39 is 33.3 Å². The van der Waals surface area contributed by atoms with Crippen molar-refractivity contribution in [3.05, 3.63) is 12.3 Å². The van der Waals surface area contributed by atoms with Crippen LogP contribution in [0, 0.1) is 0 Å². The van der Waals surface area contributed by atoms with E-state index in [2.05, 4.69) is 65.5 Å². The van der Waals surface area contributed by atoms with Crippen LogP contribution in [-0.4, -0.2) is 42.3 Å². The zero-order valence-corrected chi connectivity index (χ0v) is 19.0. The molecule has 0 aromatic rings. The third-order valence-corrected chi connectivity index (χ3v) is 17.2. The van der Waals surface area contributed by atoms with Gasteiger partial charge in [-0.05, 0) is 58.9 Å². The molecule has 0 heterocycles. The maximum atomic E-state index is 6.46. The molecule has 0 aliphatic carbocycles. The highest BCUT2D eigenvalue weighted by molar-refractivity contribution is 7.22. The van der Waals surface area contributed by atoms with Crippen LogP contribution in [0.4, 0.5) is 0 Å². The Labute approximate surface area is 126 Å². The van der Waals surface area contributed by atoms with E-state index in [0.29, 0.717) is 9.04 Å². The summed E-state index contributed by atoms with van der Waals surface area (Å²) in [5.41, 5.74) is 1.92. The van der Waals surface area contributed by atoms with Crippen LogP contribution in [0.1, 0.15) is 0 Å². The van der Waals surface area contributed by atoms with Gasteiger partial charge in [-0.25, -0.2) is 0 Å². The molecule has 2 radical (unpaired) electrons. The Kier molecular flexibility index (Phi) is 6.89. The molecule has 0 atom stereocenters. The first kappa shape index (κ1) is 19.7. The highest BCUT2D eigenvalue weighted by atomic mass is 29.2. The Bertz CT molecular complexity index is 260. The molecular weight excluding hydrogens is 321 g/mol. The lowest BCUT2D eigenvalue weighted by atomic mass is 11.3. The molecule has 0 rings (SSSR count). The van der Waals surface area contributed by atoms with E-state index in [1.54, 1.807) is 0 Å². The summed E-state index contributed by atoms with van der Waals surface area (Å²) in [6, 6.07) is 0. The van der Waals surface area contributed by atoms with Gasteiger partial charge in [-0.2, -0.15) is 0 Å². The van der Waals surface area contributed by atoms with Crippen LogP contribution >= 0.6 is 0 Å². The van der Waals surface area contributed by atoms with Crippen LogP contribution in [0.2, 0.25) is 58.9 Å². The Hall–Kier alpha value is 0.704. The molecule has 0 N–H and O–H groups in total. The normalized spacial score (nSPS) is 14.6. The fraction of sp³-hybridized carbons (Fsp3) is 0.818. The topological polar surface area (TPSA) is 27.7 Å². The molecule has 3 nitrogen and oxygen atoms in total. The molecule has 8 heteroatoms. The molecular formula is C11H30O3Si5. The predicted octanol–water partition coefficient (Wildman–Crippen LogP) is 3.82. The van der Waals surface area contributed by atoms with Crippen molar-refractivity contribution in [2.75, 3.05) is 0 Å². The lowest BCUT2D eigenvalue weighted by Gasteiger charge is -2.42. The summed E-state index contributed by atoms with van der Waals surface area (Å²) >= 11 is 0. The highest BCUT2D eigenvalue weighted by Crippen LogP contribution is 2.24. The van der Waals surface area contributed by atoms with Crippen molar-refractivity contribution in [3.8, 4) is 0 Å². The molecule has 0 spiro atoms. The van der Waals surface area contributed by atoms with E-state index in [-0.39, 0.29) is 0 Å². The predicted molar refractivity (Wildman–Crippen MR) is 95.0 cm³/mol. The summed E-state index contributed by atoms with van der Waals surface area (Å²) in [5, 5.41) is 0. The van der Waals surface area contributed by atoms with Crippen LogP contribution < -0.4 is 0 Å². The van der Waals surface area contributed by atoms with Gasteiger partial charge in [-0.15, -0.1) is 12.3 Å². The Morgan fingerprint density at radius 3 is 1.11 bits per heavy atom. The summed E-state index contributed by atoms with van der Waals surface area (Å²) in [6.45, 7) is 23.7. The number of hydrogen-bond acceptors (Lipinski definition) is 3. The van der Waals surface area contributed by atoms with E-state index in [0.717, 1.165) is 0 Å². The van der Waals surface area contributed by atoms with Crippen LogP contribution in [0.5, 0.6) is 0 Å². The minimum atomic E-state index is -2.61. The maximum absolute atomic E-state index is 6.46. The maximum Gasteiger partial charge on any atom is 0.439 e. The minimum absolute atomic E-state index is 0.437. The Balaban J connectivity index is 5.40. The monoisotopic (exact) mass is 350 g/mol. The van der Waals surface area contributed by atoms with E-state index in [4.69, 9.17) is 12.3 Å². The second-order valence-electron chi connectivity index (χ2n) is 7.55. The molecule has 0 unspecified atom stereocenters. The van der Waals surface area contributed by atoms with Gasteiger partial charge in [0.15, 0.2) is 34.0 Å². The van der Waals surface area contributed by atoms with E-state index in [1.165, 1.54) is 0 Å². The molecule has 112 valence electrons. The second-order valence-corrected chi connectivity index (χ2v) is 27.2. The third kappa shape index (κ3) is 10.1. The summed E-state index contributed by atoms with van der Waals surface area (Å²) in [5.74, 6) is 0. The molecule has 0 fully saturated rings. The molecule has 0 aliphatic rings. The van der Waals surface area contributed by atoms with Crippen molar-refractivity contribution in [2.24, 2.45) is 0 Å². The van der Waals surface area contributed by atoms with Crippen molar-refractivity contribution in [1.82, 2.24) is 0 Å². The number of hydrogen-bond donors (Lipinski definition) is 0. The first-order valence-electron chi connectivity index (χ1n) is 6.67. The average Bonchev–Trinajstić information content (AvgIpc) is 1.90. The van der Waals surface area contributed by atoms with Crippen molar-refractivity contribution >= 4 is 42.3 Å². The van der Waals surface area contributed by atoms with Gasteiger partial charge in [0.2, 0.25) is 0 Å². The van der Waals surface area contributed by atoms with Crippen LogP contribution in [0.25, 0.3) is 0 Å². The standard InChI is InChI=1S/C11H30O3Si5/c1-11-15-19(12-16(2,3)4,13-17(5,6)7)14-18(8,9)10/h11H,1H2,2-10H3. The highest BCUT2D eigenvalue weighted by Gasteiger charge is 2.48. The molecule has 0 saturated carbocycles. The van der Waals surface area contributed by atoms with Crippen LogP contribution in [0.3, 0.4) is 0 Å². The number of rotatable bonds is 8. The van der Waals surface area contributed by atoms with E-state index >= 15 is 0 Å². The third-order valence-electron chi connectivity index (χ3n) is 1.60. The quantitative estimate of drug-likeness (QED) is 0.623. The summed E-state index contributed by atoms with van der Waals surface area (Å²) in [6.07, 6.45) is 0. The fourth-order valence-corrected chi connectivity index (χ4v) is 24.3.